The molecule has 2 heterocycles. The van der Waals surface area contributed by atoms with Crippen molar-refractivity contribution >= 4 is 5.91 Å². The van der Waals surface area contributed by atoms with Gasteiger partial charge in [-0.15, -0.1) is 0 Å². The summed E-state index contributed by atoms with van der Waals surface area (Å²) in [4.78, 5) is 14.2. The predicted molar refractivity (Wildman–Crippen MR) is 81.1 cm³/mol. The van der Waals surface area contributed by atoms with Gasteiger partial charge in [-0.3, -0.25) is 9.69 Å². The minimum atomic E-state index is 0.0765. The average Bonchev–Trinajstić information content (AvgIpc) is 2.94. The first-order chi connectivity index (χ1) is 10.0. The van der Waals surface area contributed by atoms with Crippen molar-refractivity contribution in [3.05, 3.63) is 24.2 Å². The van der Waals surface area contributed by atoms with Crippen LogP contribution in [0.2, 0.25) is 0 Å². The van der Waals surface area contributed by atoms with Crippen LogP contribution in [0.3, 0.4) is 0 Å². The second kappa shape index (κ2) is 7.61. The van der Waals surface area contributed by atoms with Gasteiger partial charge in [0.1, 0.15) is 5.76 Å². The molecule has 0 aromatic carbocycles. The summed E-state index contributed by atoms with van der Waals surface area (Å²) < 4.78 is 11.0. The molecule has 1 aliphatic rings. The van der Waals surface area contributed by atoms with Crippen LogP contribution in [0, 0.1) is 0 Å². The number of amides is 1. The van der Waals surface area contributed by atoms with E-state index in [9.17, 15) is 4.79 Å². The molecule has 0 bridgehead atoms. The van der Waals surface area contributed by atoms with Gasteiger partial charge in [0.25, 0.3) is 0 Å². The number of nitrogens with one attached hydrogen (secondary N) is 1. The van der Waals surface area contributed by atoms with Crippen LogP contribution in [0.15, 0.2) is 22.8 Å². The van der Waals surface area contributed by atoms with Gasteiger partial charge in [-0.1, -0.05) is 0 Å². The van der Waals surface area contributed by atoms with Crippen LogP contribution in [0.4, 0.5) is 0 Å². The van der Waals surface area contributed by atoms with Crippen molar-refractivity contribution in [3.8, 4) is 0 Å². The highest BCUT2D eigenvalue weighted by Crippen LogP contribution is 2.13. The fourth-order valence-corrected chi connectivity index (χ4v) is 2.75. The number of carbonyl (C=O) groups is 1. The van der Waals surface area contributed by atoms with Gasteiger partial charge in [0.15, 0.2) is 0 Å². The third-order valence-corrected chi connectivity index (χ3v) is 3.84. The molecule has 0 aliphatic carbocycles. The Balaban J connectivity index is 1.68. The molecule has 1 aromatic rings. The summed E-state index contributed by atoms with van der Waals surface area (Å²) in [6.07, 6.45) is 3.27. The van der Waals surface area contributed by atoms with E-state index in [2.05, 4.69) is 31.0 Å². The minimum Gasteiger partial charge on any atom is -0.469 e. The van der Waals surface area contributed by atoms with E-state index < -0.39 is 0 Å². The van der Waals surface area contributed by atoms with Gasteiger partial charge >= 0.3 is 0 Å². The van der Waals surface area contributed by atoms with Crippen molar-refractivity contribution in [2.24, 2.45) is 0 Å². The Labute approximate surface area is 126 Å². The van der Waals surface area contributed by atoms with Gasteiger partial charge in [0, 0.05) is 38.5 Å². The first kappa shape index (κ1) is 16.0. The van der Waals surface area contributed by atoms with E-state index in [1.807, 2.05) is 12.1 Å². The SMILES string of the molecule is C[C@@H]1CN([C@@H](C)CNC(=O)CCc2ccco2)C[C@@H](C)O1. The topological polar surface area (TPSA) is 54.7 Å². The maximum Gasteiger partial charge on any atom is 0.220 e. The number of furan rings is 1. The van der Waals surface area contributed by atoms with E-state index in [0.717, 1.165) is 18.8 Å². The molecule has 2 rings (SSSR count). The van der Waals surface area contributed by atoms with Gasteiger partial charge in [0.2, 0.25) is 5.91 Å². The Hall–Kier alpha value is -1.33. The van der Waals surface area contributed by atoms with E-state index in [4.69, 9.17) is 9.15 Å². The fraction of sp³-hybridized carbons (Fsp3) is 0.688. The summed E-state index contributed by atoms with van der Waals surface area (Å²) in [7, 11) is 0. The normalized spacial score (nSPS) is 24.7. The minimum absolute atomic E-state index is 0.0765. The van der Waals surface area contributed by atoms with E-state index in [1.165, 1.54) is 0 Å². The molecule has 5 nitrogen and oxygen atoms in total. The van der Waals surface area contributed by atoms with Crippen LogP contribution < -0.4 is 5.32 Å². The van der Waals surface area contributed by atoms with Gasteiger partial charge in [0.05, 0.1) is 18.5 Å². The standard InChI is InChI=1S/C16H26N2O3/c1-12(18-10-13(2)21-14(3)11-18)9-17-16(19)7-6-15-5-4-8-20-15/h4-5,8,12-14H,6-7,9-11H2,1-3H3,(H,17,19)/t12-,13+,14+/m0/s1. The first-order valence-corrected chi connectivity index (χ1v) is 7.73. The number of aryl methyl sites for hydroxylation is 1. The van der Waals surface area contributed by atoms with Crippen molar-refractivity contribution in [2.75, 3.05) is 19.6 Å². The molecule has 118 valence electrons. The Morgan fingerprint density at radius 3 is 2.76 bits per heavy atom. The quantitative estimate of drug-likeness (QED) is 0.869. The number of morpholine rings is 1. The Morgan fingerprint density at radius 2 is 2.14 bits per heavy atom. The number of carbonyl (C=O) groups excluding carboxylic acids is 1. The largest absolute Gasteiger partial charge is 0.469 e. The third kappa shape index (κ3) is 5.17. The highest BCUT2D eigenvalue weighted by Gasteiger charge is 2.25. The van der Waals surface area contributed by atoms with Crippen molar-refractivity contribution in [2.45, 2.75) is 51.9 Å². The molecule has 0 saturated carbocycles. The molecule has 21 heavy (non-hydrogen) atoms. The second-order valence-corrected chi connectivity index (χ2v) is 5.94. The molecule has 1 aromatic heterocycles. The number of nitrogens with zero attached hydrogens (tertiary/aromatic N) is 1. The Kier molecular flexibility index (Phi) is 5.82. The molecule has 0 spiro atoms. The van der Waals surface area contributed by atoms with Crippen molar-refractivity contribution in [1.29, 1.82) is 0 Å². The fourth-order valence-electron chi connectivity index (χ4n) is 2.75. The number of rotatable bonds is 6. The maximum atomic E-state index is 11.9. The van der Waals surface area contributed by atoms with Crippen LogP contribution in [0.5, 0.6) is 0 Å². The highest BCUT2D eigenvalue weighted by molar-refractivity contribution is 5.76. The van der Waals surface area contributed by atoms with E-state index in [0.29, 0.717) is 25.4 Å². The summed E-state index contributed by atoms with van der Waals surface area (Å²) in [6.45, 7) is 8.87. The summed E-state index contributed by atoms with van der Waals surface area (Å²) in [5.74, 6) is 0.932. The number of ether oxygens (including phenoxy) is 1. The molecule has 0 unspecified atom stereocenters. The van der Waals surface area contributed by atoms with Gasteiger partial charge in [-0.25, -0.2) is 0 Å². The van der Waals surface area contributed by atoms with Gasteiger partial charge in [-0.05, 0) is 32.9 Å². The predicted octanol–water partition coefficient (Wildman–Crippen LogP) is 1.83. The molecule has 1 saturated heterocycles. The lowest BCUT2D eigenvalue weighted by Crippen LogP contribution is -2.52. The lowest BCUT2D eigenvalue weighted by Gasteiger charge is -2.39. The molecule has 5 heteroatoms. The molecule has 1 amide bonds. The zero-order valence-electron chi connectivity index (χ0n) is 13.2. The lowest BCUT2D eigenvalue weighted by atomic mass is 10.1. The lowest BCUT2D eigenvalue weighted by molar-refractivity contribution is -0.121. The Morgan fingerprint density at radius 1 is 1.43 bits per heavy atom. The second-order valence-electron chi connectivity index (χ2n) is 5.94. The molecular formula is C16H26N2O3. The third-order valence-electron chi connectivity index (χ3n) is 3.84. The van der Waals surface area contributed by atoms with Crippen LogP contribution in [0.1, 0.15) is 33.0 Å². The maximum absolute atomic E-state index is 11.9. The van der Waals surface area contributed by atoms with Crippen LogP contribution in [0.25, 0.3) is 0 Å². The molecule has 1 fully saturated rings. The number of hydrogen-bond donors (Lipinski definition) is 1. The molecular weight excluding hydrogens is 268 g/mol. The van der Waals surface area contributed by atoms with Gasteiger partial charge in [-0.2, -0.15) is 0 Å². The number of hydrogen-bond acceptors (Lipinski definition) is 4. The molecule has 1 aliphatic heterocycles. The van der Waals surface area contributed by atoms with Crippen molar-refractivity contribution in [1.82, 2.24) is 10.2 Å². The van der Waals surface area contributed by atoms with Crippen LogP contribution >= 0.6 is 0 Å². The average molecular weight is 294 g/mol. The van der Waals surface area contributed by atoms with E-state index in [-0.39, 0.29) is 18.1 Å². The molecule has 3 atom stereocenters. The van der Waals surface area contributed by atoms with Crippen molar-refractivity contribution < 1.29 is 13.9 Å². The monoisotopic (exact) mass is 294 g/mol. The Bertz CT molecular complexity index is 423. The van der Waals surface area contributed by atoms with Crippen LogP contribution in [-0.2, 0) is 16.0 Å². The molecule has 0 radical (unpaired) electrons. The van der Waals surface area contributed by atoms with Crippen LogP contribution in [-0.4, -0.2) is 48.7 Å². The molecule has 1 N–H and O–H groups in total. The zero-order valence-corrected chi connectivity index (χ0v) is 13.2. The first-order valence-electron chi connectivity index (χ1n) is 7.73. The van der Waals surface area contributed by atoms with Crippen molar-refractivity contribution in [3.63, 3.8) is 0 Å². The van der Waals surface area contributed by atoms with E-state index >= 15 is 0 Å². The zero-order chi connectivity index (χ0) is 15.2. The highest BCUT2D eigenvalue weighted by atomic mass is 16.5. The van der Waals surface area contributed by atoms with Gasteiger partial charge < -0.3 is 14.5 Å². The summed E-state index contributed by atoms with van der Waals surface area (Å²) in [5.41, 5.74) is 0. The smallest absolute Gasteiger partial charge is 0.220 e. The summed E-state index contributed by atoms with van der Waals surface area (Å²) in [5, 5.41) is 3.01. The summed E-state index contributed by atoms with van der Waals surface area (Å²) in [6, 6.07) is 4.06. The summed E-state index contributed by atoms with van der Waals surface area (Å²) >= 11 is 0. The van der Waals surface area contributed by atoms with E-state index in [1.54, 1.807) is 6.26 Å².